The van der Waals surface area contributed by atoms with Gasteiger partial charge in [-0.25, -0.2) is 8.42 Å². The Morgan fingerprint density at radius 2 is 1.77 bits per heavy atom. The molecular weight excluding hydrogens is 492 g/mol. The van der Waals surface area contributed by atoms with E-state index >= 15 is 0 Å². The lowest BCUT2D eigenvalue weighted by molar-refractivity contribution is -0.117. The van der Waals surface area contributed by atoms with Crippen molar-refractivity contribution in [3.8, 4) is 17.2 Å². The number of carbonyl (C=O) groups is 1. The second kappa shape index (κ2) is 11.0. The number of hydrogen-bond acceptors (Lipinski definition) is 6. The van der Waals surface area contributed by atoms with Crippen LogP contribution in [0.3, 0.4) is 0 Å². The van der Waals surface area contributed by atoms with E-state index in [2.05, 4.69) is 10.0 Å². The van der Waals surface area contributed by atoms with Crippen molar-refractivity contribution in [2.75, 3.05) is 25.1 Å². The fourth-order valence-electron chi connectivity index (χ4n) is 3.56. The second-order valence-corrected chi connectivity index (χ2v) is 9.86. The minimum atomic E-state index is -4.08. The summed E-state index contributed by atoms with van der Waals surface area (Å²) < 4.78 is 45.3. The molecule has 0 unspecified atom stereocenters. The summed E-state index contributed by atoms with van der Waals surface area (Å²) in [6.45, 7) is 3.06. The number of halogens is 1. The molecular formula is C25H25ClN2O6S. The van der Waals surface area contributed by atoms with E-state index in [1.165, 1.54) is 18.2 Å². The van der Waals surface area contributed by atoms with Gasteiger partial charge < -0.3 is 19.5 Å². The Bertz CT molecular complexity index is 1300. The summed E-state index contributed by atoms with van der Waals surface area (Å²) >= 11 is 6.19. The number of anilines is 1. The van der Waals surface area contributed by atoms with Crippen molar-refractivity contribution in [3.63, 3.8) is 0 Å². The summed E-state index contributed by atoms with van der Waals surface area (Å²) in [4.78, 5) is 13.2. The van der Waals surface area contributed by atoms with E-state index in [4.69, 9.17) is 25.8 Å². The van der Waals surface area contributed by atoms with Gasteiger partial charge in [0, 0.05) is 11.8 Å². The van der Waals surface area contributed by atoms with Crippen molar-refractivity contribution in [3.05, 3.63) is 77.3 Å². The molecule has 2 N–H and O–H groups in total. The molecule has 3 aromatic carbocycles. The van der Waals surface area contributed by atoms with Crippen LogP contribution in [0.4, 0.5) is 5.69 Å². The molecule has 1 heterocycles. The molecule has 8 nitrogen and oxygen atoms in total. The molecule has 0 spiro atoms. The first-order valence-electron chi connectivity index (χ1n) is 11.0. The summed E-state index contributed by atoms with van der Waals surface area (Å²) in [5.74, 6) is 0.956. The van der Waals surface area contributed by atoms with Gasteiger partial charge in [0.25, 0.3) is 0 Å². The number of benzene rings is 3. The van der Waals surface area contributed by atoms with E-state index in [0.717, 1.165) is 5.56 Å². The largest absolute Gasteiger partial charge is 0.492 e. The van der Waals surface area contributed by atoms with Crippen molar-refractivity contribution in [2.45, 2.75) is 24.3 Å². The number of amides is 1. The van der Waals surface area contributed by atoms with Gasteiger partial charge in [0.05, 0.1) is 16.5 Å². The number of nitrogens with one attached hydrogen (secondary N) is 2. The third kappa shape index (κ3) is 6.25. The summed E-state index contributed by atoms with van der Waals surface area (Å²) in [7, 11) is -4.08. The van der Waals surface area contributed by atoms with Gasteiger partial charge in [0.1, 0.15) is 25.0 Å². The summed E-state index contributed by atoms with van der Waals surface area (Å²) in [5.41, 5.74) is 1.25. The van der Waals surface area contributed by atoms with Crippen LogP contribution in [-0.2, 0) is 21.2 Å². The highest BCUT2D eigenvalue weighted by Gasteiger charge is 2.27. The number of carbonyl (C=O) groups excluding carboxylic acids is 1. The van der Waals surface area contributed by atoms with Gasteiger partial charge in [-0.05, 0) is 49.2 Å². The zero-order valence-electron chi connectivity index (χ0n) is 19.0. The van der Waals surface area contributed by atoms with Gasteiger partial charge >= 0.3 is 0 Å². The average molecular weight is 517 g/mol. The first kappa shape index (κ1) is 24.8. The predicted octanol–water partition coefficient (Wildman–Crippen LogP) is 4.04. The van der Waals surface area contributed by atoms with Gasteiger partial charge in [-0.2, -0.15) is 4.72 Å². The molecule has 0 aliphatic carbocycles. The van der Waals surface area contributed by atoms with E-state index in [1.807, 2.05) is 30.3 Å². The van der Waals surface area contributed by atoms with E-state index in [1.54, 1.807) is 25.1 Å². The third-order valence-electron chi connectivity index (χ3n) is 5.22. The van der Waals surface area contributed by atoms with E-state index in [-0.39, 0.29) is 16.3 Å². The van der Waals surface area contributed by atoms with Crippen molar-refractivity contribution in [1.82, 2.24) is 4.72 Å². The monoisotopic (exact) mass is 516 g/mol. The topological polar surface area (TPSA) is 103 Å². The normalized spacial score (nSPS) is 13.7. The third-order valence-corrected chi connectivity index (χ3v) is 6.98. The highest BCUT2D eigenvalue weighted by molar-refractivity contribution is 7.89. The second-order valence-electron chi connectivity index (χ2n) is 7.74. The minimum Gasteiger partial charge on any atom is -0.492 e. The standard InChI is InChI=1S/C25H25ClN2O6S/c1-2-32-22-11-9-19(16-20(22)26)35(30,31)28-21(14-17-6-4-3-5-7-17)25(29)27-18-8-10-23-24(15-18)34-13-12-33-23/h3-11,15-16,21,28H,2,12-14H2,1H3,(H,27,29)/t21-/m1/s1. The fraction of sp³-hybridized carbons (Fsp3) is 0.240. The van der Waals surface area contributed by atoms with Crippen LogP contribution in [0.5, 0.6) is 17.2 Å². The Morgan fingerprint density at radius 1 is 1.03 bits per heavy atom. The lowest BCUT2D eigenvalue weighted by atomic mass is 10.1. The predicted molar refractivity (Wildman–Crippen MR) is 133 cm³/mol. The smallest absolute Gasteiger partial charge is 0.242 e. The molecule has 10 heteroatoms. The summed E-state index contributed by atoms with van der Waals surface area (Å²) in [6.07, 6.45) is 0.140. The number of rotatable bonds is 9. The van der Waals surface area contributed by atoms with E-state index < -0.39 is 22.0 Å². The summed E-state index contributed by atoms with van der Waals surface area (Å²) in [5, 5.41) is 2.94. The Hall–Kier alpha value is -3.27. The first-order valence-corrected chi connectivity index (χ1v) is 12.9. The maximum absolute atomic E-state index is 13.2. The maximum Gasteiger partial charge on any atom is 0.242 e. The zero-order valence-corrected chi connectivity index (χ0v) is 20.6. The van der Waals surface area contributed by atoms with Crippen LogP contribution in [0.15, 0.2) is 71.6 Å². The Balaban J connectivity index is 1.57. The highest BCUT2D eigenvalue weighted by Crippen LogP contribution is 2.33. The van der Waals surface area contributed by atoms with Crippen LogP contribution in [0.25, 0.3) is 0 Å². The quantitative estimate of drug-likeness (QED) is 0.445. The molecule has 0 saturated heterocycles. The molecule has 0 fully saturated rings. The van der Waals surface area contributed by atoms with Crippen LogP contribution in [0.1, 0.15) is 12.5 Å². The fourth-order valence-corrected chi connectivity index (χ4v) is 5.09. The van der Waals surface area contributed by atoms with E-state index in [0.29, 0.717) is 42.8 Å². The highest BCUT2D eigenvalue weighted by atomic mass is 35.5. The van der Waals surface area contributed by atoms with Crippen molar-refractivity contribution in [2.24, 2.45) is 0 Å². The van der Waals surface area contributed by atoms with Gasteiger partial charge in [-0.1, -0.05) is 41.9 Å². The van der Waals surface area contributed by atoms with E-state index in [9.17, 15) is 13.2 Å². The average Bonchev–Trinajstić information content (AvgIpc) is 2.85. The molecule has 3 aromatic rings. The van der Waals surface area contributed by atoms with Gasteiger partial charge in [0.2, 0.25) is 15.9 Å². The van der Waals surface area contributed by atoms with Crippen LogP contribution in [-0.4, -0.2) is 40.2 Å². The molecule has 184 valence electrons. The molecule has 0 aromatic heterocycles. The number of ether oxygens (including phenoxy) is 3. The lowest BCUT2D eigenvalue weighted by Gasteiger charge is -2.21. The molecule has 0 saturated carbocycles. The van der Waals surface area contributed by atoms with Crippen molar-refractivity contribution < 1.29 is 27.4 Å². The number of fused-ring (bicyclic) bond motifs is 1. The zero-order chi connectivity index (χ0) is 24.8. The number of hydrogen-bond donors (Lipinski definition) is 2. The Labute approximate surface area is 209 Å². The molecule has 0 bridgehead atoms. The Morgan fingerprint density at radius 3 is 2.49 bits per heavy atom. The lowest BCUT2D eigenvalue weighted by Crippen LogP contribution is -2.45. The van der Waals surface area contributed by atoms with Crippen molar-refractivity contribution in [1.29, 1.82) is 0 Å². The minimum absolute atomic E-state index is 0.0730. The maximum atomic E-state index is 13.2. The number of sulfonamides is 1. The summed E-state index contributed by atoms with van der Waals surface area (Å²) in [6, 6.07) is 17.2. The van der Waals surface area contributed by atoms with Crippen LogP contribution in [0, 0.1) is 0 Å². The molecule has 1 amide bonds. The van der Waals surface area contributed by atoms with Crippen LogP contribution >= 0.6 is 11.6 Å². The SMILES string of the molecule is CCOc1ccc(S(=O)(=O)N[C@H](Cc2ccccc2)C(=O)Nc2ccc3c(c2)OCCO3)cc1Cl. The molecule has 35 heavy (non-hydrogen) atoms. The van der Waals surface area contributed by atoms with Crippen LogP contribution in [0.2, 0.25) is 5.02 Å². The van der Waals surface area contributed by atoms with Gasteiger partial charge in [-0.15, -0.1) is 0 Å². The van der Waals surface area contributed by atoms with Crippen LogP contribution < -0.4 is 24.2 Å². The van der Waals surface area contributed by atoms with Crippen molar-refractivity contribution >= 4 is 33.2 Å². The van der Waals surface area contributed by atoms with Gasteiger partial charge in [-0.3, -0.25) is 4.79 Å². The van der Waals surface area contributed by atoms with Gasteiger partial charge in [0.15, 0.2) is 11.5 Å². The molecule has 1 aliphatic heterocycles. The Kier molecular flexibility index (Phi) is 7.80. The molecule has 4 rings (SSSR count). The molecule has 0 radical (unpaired) electrons. The molecule has 1 aliphatic rings. The molecule has 1 atom stereocenters. The first-order chi connectivity index (χ1) is 16.9.